The molecule has 0 aliphatic rings. The maximum Gasteiger partial charge on any atom is 0.307 e. The van der Waals surface area contributed by atoms with Gasteiger partial charge >= 0.3 is 11.9 Å². The summed E-state index contributed by atoms with van der Waals surface area (Å²) in [6.45, 7) is 8.99. The number of rotatable bonds is 10. The SMILES string of the molecule is C=COC(C)=O.CC(C)CCCCCCCCC(=O)O. The van der Waals surface area contributed by atoms with Gasteiger partial charge in [-0.2, -0.15) is 0 Å². The Hall–Kier alpha value is -1.32. The Morgan fingerprint density at radius 1 is 1.10 bits per heavy atom. The van der Waals surface area contributed by atoms with Crippen molar-refractivity contribution in [3.05, 3.63) is 12.8 Å². The Balaban J connectivity index is 0. The van der Waals surface area contributed by atoms with E-state index >= 15 is 0 Å². The fourth-order valence-electron chi connectivity index (χ4n) is 1.65. The van der Waals surface area contributed by atoms with Gasteiger partial charge < -0.3 is 9.84 Å². The lowest BCUT2D eigenvalue weighted by Crippen LogP contribution is -1.93. The monoisotopic (exact) mass is 286 g/mol. The number of carbonyl (C=O) groups excluding carboxylic acids is 1. The van der Waals surface area contributed by atoms with E-state index in [2.05, 4.69) is 25.2 Å². The molecule has 0 saturated carbocycles. The van der Waals surface area contributed by atoms with Gasteiger partial charge in [-0.3, -0.25) is 9.59 Å². The van der Waals surface area contributed by atoms with Crippen LogP contribution in [0.4, 0.5) is 0 Å². The predicted molar refractivity (Wildman–Crippen MR) is 81.4 cm³/mol. The summed E-state index contributed by atoms with van der Waals surface area (Å²) >= 11 is 0. The molecule has 0 aromatic heterocycles. The van der Waals surface area contributed by atoms with Crippen LogP contribution >= 0.6 is 0 Å². The highest BCUT2D eigenvalue weighted by atomic mass is 16.5. The predicted octanol–water partition coefficient (Wildman–Crippen LogP) is 4.54. The molecule has 0 amide bonds. The lowest BCUT2D eigenvalue weighted by atomic mass is 10.0. The second-order valence-electron chi connectivity index (χ2n) is 5.22. The number of hydrogen-bond acceptors (Lipinski definition) is 3. The van der Waals surface area contributed by atoms with E-state index in [4.69, 9.17) is 5.11 Å². The van der Waals surface area contributed by atoms with Crippen molar-refractivity contribution in [3.8, 4) is 0 Å². The molecular formula is C16H30O4. The third kappa shape index (κ3) is 25.5. The van der Waals surface area contributed by atoms with E-state index in [0.717, 1.165) is 25.0 Å². The summed E-state index contributed by atoms with van der Waals surface area (Å²) in [7, 11) is 0. The topological polar surface area (TPSA) is 63.6 Å². The molecule has 4 heteroatoms. The molecule has 1 N–H and O–H groups in total. The Kier molecular flexibility index (Phi) is 16.5. The minimum Gasteiger partial charge on any atom is -0.481 e. The van der Waals surface area contributed by atoms with Crippen molar-refractivity contribution in [2.75, 3.05) is 0 Å². The van der Waals surface area contributed by atoms with E-state index in [-0.39, 0.29) is 5.97 Å². The summed E-state index contributed by atoms with van der Waals surface area (Å²) in [6.07, 6.45) is 9.80. The summed E-state index contributed by atoms with van der Waals surface area (Å²) in [5.74, 6) is -0.170. The lowest BCUT2D eigenvalue weighted by Gasteiger charge is -2.03. The number of esters is 1. The van der Waals surface area contributed by atoms with Crippen LogP contribution in [0.5, 0.6) is 0 Å². The summed E-state index contributed by atoms with van der Waals surface area (Å²) in [5, 5.41) is 8.42. The van der Waals surface area contributed by atoms with Crippen molar-refractivity contribution < 1.29 is 19.4 Å². The average molecular weight is 286 g/mol. The Morgan fingerprint density at radius 3 is 1.95 bits per heavy atom. The minimum absolute atomic E-state index is 0.329. The number of aliphatic carboxylic acids is 1. The van der Waals surface area contributed by atoms with Crippen LogP contribution < -0.4 is 0 Å². The first-order valence-corrected chi connectivity index (χ1v) is 7.40. The summed E-state index contributed by atoms with van der Waals surface area (Å²) in [6, 6.07) is 0. The van der Waals surface area contributed by atoms with Crippen LogP contribution in [-0.4, -0.2) is 17.0 Å². The zero-order valence-electron chi connectivity index (χ0n) is 13.2. The van der Waals surface area contributed by atoms with E-state index in [0.29, 0.717) is 6.42 Å². The van der Waals surface area contributed by atoms with E-state index in [1.165, 1.54) is 39.0 Å². The first kappa shape index (κ1) is 21.0. The van der Waals surface area contributed by atoms with Crippen LogP contribution in [-0.2, 0) is 14.3 Å². The Labute approximate surface area is 123 Å². The van der Waals surface area contributed by atoms with Crippen molar-refractivity contribution in [2.45, 2.75) is 72.1 Å². The maximum absolute atomic E-state index is 10.2. The molecule has 0 spiro atoms. The van der Waals surface area contributed by atoms with Crippen LogP contribution in [0.2, 0.25) is 0 Å². The summed E-state index contributed by atoms with van der Waals surface area (Å²) in [5.41, 5.74) is 0. The highest BCUT2D eigenvalue weighted by Crippen LogP contribution is 2.11. The number of carboxylic acid groups (broad SMARTS) is 1. The molecule has 0 radical (unpaired) electrons. The van der Waals surface area contributed by atoms with Crippen LogP contribution in [0.25, 0.3) is 0 Å². The van der Waals surface area contributed by atoms with E-state index in [1.54, 1.807) is 0 Å². The van der Waals surface area contributed by atoms with Gasteiger partial charge in [0.05, 0.1) is 6.26 Å². The van der Waals surface area contributed by atoms with Crippen molar-refractivity contribution in [2.24, 2.45) is 5.92 Å². The number of unbranched alkanes of at least 4 members (excludes halogenated alkanes) is 5. The van der Waals surface area contributed by atoms with E-state index < -0.39 is 5.97 Å². The molecule has 0 atom stereocenters. The summed E-state index contributed by atoms with van der Waals surface area (Å²) in [4.78, 5) is 20.0. The molecule has 0 heterocycles. The highest BCUT2D eigenvalue weighted by Gasteiger charge is 1.97. The van der Waals surface area contributed by atoms with Gasteiger partial charge in [0, 0.05) is 13.3 Å². The van der Waals surface area contributed by atoms with Gasteiger partial charge in [0.1, 0.15) is 0 Å². The van der Waals surface area contributed by atoms with Gasteiger partial charge in [0.15, 0.2) is 0 Å². The van der Waals surface area contributed by atoms with Gasteiger partial charge in [-0.1, -0.05) is 59.0 Å². The van der Waals surface area contributed by atoms with Gasteiger partial charge in [0.25, 0.3) is 0 Å². The number of hydrogen-bond donors (Lipinski definition) is 1. The highest BCUT2D eigenvalue weighted by molar-refractivity contribution is 5.66. The zero-order valence-corrected chi connectivity index (χ0v) is 13.2. The smallest absolute Gasteiger partial charge is 0.307 e. The fourth-order valence-corrected chi connectivity index (χ4v) is 1.65. The average Bonchev–Trinajstić information content (AvgIpc) is 2.32. The Morgan fingerprint density at radius 2 is 1.60 bits per heavy atom. The largest absolute Gasteiger partial charge is 0.481 e. The molecule has 0 aromatic rings. The number of carbonyl (C=O) groups is 2. The van der Waals surface area contributed by atoms with Crippen molar-refractivity contribution in [1.29, 1.82) is 0 Å². The quantitative estimate of drug-likeness (QED) is 0.364. The standard InChI is InChI=1S/C12H24O2.C4H6O2/c1-11(2)9-7-5-3-4-6-8-10-12(13)14;1-3-6-4(2)5/h11H,3-10H2,1-2H3,(H,13,14);3H,1H2,2H3. The molecule has 118 valence electrons. The normalized spacial score (nSPS) is 9.60. The van der Waals surface area contributed by atoms with E-state index in [9.17, 15) is 9.59 Å². The first-order valence-electron chi connectivity index (χ1n) is 7.40. The third-order valence-electron chi connectivity index (χ3n) is 2.67. The van der Waals surface area contributed by atoms with Gasteiger partial charge in [-0.25, -0.2) is 0 Å². The minimum atomic E-state index is -0.662. The molecule has 0 unspecified atom stereocenters. The molecule has 0 aliphatic carbocycles. The molecule has 0 saturated heterocycles. The van der Waals surface area contributed by atoms with Crippen molar-refractivity contribution in [3.63, 3.8) is 0 Å². The molecule has 20 heavy (non-hydrogen) atoms. The molecular weight excluding hydrogens is 256 g/mol. The molecule has 0 aliphatic heterocycles. The fraction of sp³-hybridized carbons (Fsp3) is 0.750. The number of ether oxygens (including phenoxy) is 1. The van der Waals surface area contributed by atoms with Crippen molar-refractivity contribution in [1.82, 2.24) is 0 Å². The van der Waals surface area contributed by atoms with E-state index in [1.807, 2.05) is 0 Å². The van der Waals surface area contributed by atoms with Gasteiger partial charge in [-0.05, 0) is 12.3 Å². The lowest BCUT2D eigenvalue weighted by molar-refractivity contribution is -0.137. The van der Waals surface area contributed by atoms with Crippen LogP contribution in [0, 0.1) is 5.92 Å². The maximum atomic E-state index is 10.2. The molecule has 0 aromatic carbocycles. The molecule has 0 fully saturated rings. The van der Waals surface area contributed by atoms with Crippen LogP contribution in [0.15, 0.2) is 12.8 Å². The first-order chi connectivity index (χ1) is 9.40. The van der Waals surface area contributed by atoms with Crippen LogP contribution in [0.3, 0.4) is 0 Å². The number of carboxylic acids is 1. The second-order valence-corrected chi connectivity index (χ2v) is 5.22. The summed E-state index contributed by atoms with van der Waals surface area (Å²) < 4.78 is 4.17. The Bertz CT molecular complexity index is 259. The van der Waals surface area contributed by atoms with Crippen LogP contribution in [0.1, 0.15) is 72.1 Å². The molecule has 0 bridgehead atoms. The van der Waals surface area contributed by atoms with Gasteiger partial charge in [0.2, 0.25) is 0 Å². The molecule has 0 rings (SSSR count). The molecule has 4 nitrogen and oxygen atoms in total. The van der Waals surface area contributed by atoms with Crippen molar-refractivity contribution >= 4 is 11.9 Å². The van der Waals surface area contributed by atoms with Gasteiger partial charge in [-0.15, -0.1) is 0 Å². The third-order valence-corrected chi connectivity index (χ3v) is 2.67. The second kappa shape index (κ2) is 15.7. The zero-order chi connectivity index (χ0) is 15.8.